The number of amides is 4. The molecule has 11 heteroatoms. The third-order valence-electron chi connectivity index (χ3n) is 8.95. The van der Waals surface area contributed by atoms with E-state index in [1.165, 1.54) is 9.80 Å². The summed E-state index contributed by atoms with van der Waals surface area (Å²) in [7, 11) is 3.57. The van der Waals surface area contributed by atoms with Gasteiger partial charge >= 0.3 is 12.0 Å². The van der Waals surface area contributed by atoms with Crippen molar-refractivity contribution in [2.24, 2.45) is 13.0 Å². The SMILES string of the molecule is CCCCN(C(=O)CN1C[C@H](c2ccc3c(c2)CCO3)C(C(=O)O)[C@@H]1CCN1C(=O)CCN(C)C1=O)c1ccc[n+](C)c1. The zero-order chi connectivity index (χ0) is 30.7. The van der Waals surface area contributed by atoms with Gasteiger partial charge in [-0.2, -0.15) is 0 Å². The third kappa shape index (κ3) is 6.51. The lowest BCUT2D eigenvalue weighted by Crippen LogP contribution is -2.52. The first kappa shape index (κ1) is 30.5. The summed E-state index contributed by atoms with van der Waals surface area (Å²) in [5.74, 6) is -1.68. The van der Waals surface area contributed by atoms with Gasteiger partial charge in [0.05, 0.1) is 19.1 Å². The molecule has 43 heavy (non-hydrogen) atoms. The topological polar surface area (TPSA) is 115 Å². The molecule has 2 fully saturated rings. The van der Waals surface area contributed by atoms with Crippen LogP contribution in [0, 0.1) is 5.92 Å². The van der Waals surface area contributed by atoms with E-state index in [1.54, 1.807) is 11.9 Å². The first-order valence-electron chi connectivity index (χ1n) is 15.2. The molecule has 0 radical (unpaired) electrons. The standard InChI is InChI=1S/C32H41N5O6/c1-4-5-14-36(24-7-6-13-33(2)19-24)29(39)21-35-20-25(22-8-9-27-23(18-22)12-17-43-27)30(31(40)41)26(35)10-16-37-28(38)11-15-34(3)32(37)42/h6-9,13,18-19,25-26,30H,4-5,10-12,14-17,20-21H2,1-3H3/p+1/t25-,26+,30?/m1/s1. The molecule has 0 spiro atoms. The maximum atomic E-state index is 14.0. The average molecular weight is 593 g/mol. The zero-order valence-corrected chi connectivity index (χ0v) is 25.3. The van der Waals surface area contributed by atoms with Crippen LogP contribution in [0.4, 0.5) is 10.5 Å². The summed E-state index contributed by atoms with van der Waals surface area (Å²) in [6.45, 7) is 4.10. The Morgan fingerprint density at radius 1 is 1.19 bits per heavy atom. The van der Waals surface area contributed by atoms with Crippen LogP contribution in [-0.2, 0) is 27.9 Å². The summed E-state index contributed by atoms with van der Waals surface area (Å²) in [6.07, 6.45) is 6.84. The van der Waals surface area contributed by atoms with E-state index < -0.39 is 17.9 Å². The number of hydrogen-bond donors (Lipinski definition) is 1. The number of carboxylic acid groups (broad SMARTS) is 1. The second kappa shape index (κ2) is 13.1. The van der Waals surface area contributed by atoms with Gasteiger partial charge in [-0.15, -0.1) is 0 Å². The highest BCUT2D eigenvalue weighted by Crippen LogP contribution is 2.41. The first-order valence-corrected chi connectivity index (χ1v) is 15.2. The molecule has 1 N–H and O–H groups in total. The Morgan fingerprint density at radius 2 is 2.00 bits per heavy atom. The molecule has 4 heterocycles. The summed E-state index contributed by atoms with van der Waals surface area (Å²) < 4.78 is 7.58. The van der Waals surface area contributed by atoms with Crippen molar-refractivity contribution in [2.45, 2.75) is 51.0 Å². The van der Waals surface area contributed by atoms with Crippen LogP contribution >= 0.6 is 0 Å². The predicted molar refractivity (Wildman–Crippen MR) is 159 cm³/mol. The number of rotatable bonds is 11. The fourth-order valence-corrected chi connectivity index (χ4v) is 6.62. The summed E-state index contributed by atoms with van der Waals surface area (Å²) in [5, 5.41) is 10.6. The Bertz CT molecular complexity index is 1380. The first-order chi connectivity index (χ1) is 20.7. The molecule has 2 aromatic rings. The highest BCUT2D eigenvalue weighted by Gasteiger charge is 2.48. The number of pyridine rings is 1. The molecule has 5 rings (SSSR count). The molecule has 4 amide bonds. The number of benzene rings is 1. The maximum Gasteiger partial charge on any atom is 0.326 e. The van der Waals surface area contributed by atoms with Crippen LogP contribution in [0.3, 0.4) is 0 Å². The van der Waals surface area contributed by atoms with Gasteiger partial charge < -0.3 is 19.6 Å². The molecular formula is C32H42N5O6+. The normalized spacial score (nSPS) is 22.1. The van der Waals surface area contributed by atoms with Crippen molar-refractivity contribution < 1.29 is 33.6 Å². The Morgan fingerprint density at radius 3 is 2.74 bits per heavy atom. The number of imide groups is 1. The van der Waals surface area contributed by atoms with Crippen molar-refractivity contribution in [2.75, 3.05) is 51.3 Å². The van der Waals surface area contributed by atoms with Crippen LogP contribution < -0.4 is 14.2 Å². The van der Waals surface area contributed by atoms with Crippen molar-refractivity contribution in [3.8, 4) is 5.75 Å². The number of hydrogen-bond acceptors (Lipinski definition) is 6. The number of likely N-dealkylation sites (tertiary alicyclic amines) is 1. The van der Waals surface area contributed by atoms with Crippen LogP contribution in [0.25, 0.3) is 0 Å². The molecule has 11 nitrogen and oxygen atoms in total. The molecule has 0 saturated carbocycles. The van der Waals surface area contributed by atoms with Crippen LogP contribution in [-0.4, -0.2) is 96.0 Å². The van der Waals surface area contributed by atoms with Crippen molar-refractivity contribution in [1.82, 2.24) is 14.7 Å². The van der Waals surface area contributed by atoms with Crippen molar-refractivity contribution in [3.05, 3.63) is 53.9 Å². The quantitative estimate of drug-likeness (QED) is 0.399. The Kier molecular flexibility index (Phi) is 9.29. The minimum atomic E-state index is -0.951. The van der Waals surface area contributed by atoms with Gasteiger partial charge in [-0.05, 0) is 36.1 Å². The number of fused-ring (bicyclic) bond motifs is 1. The molecule has 3 atom stereocenters. The number of carbonyl (C=O) groups is 4. The number of anilines is 1. The number of urea groups is 1. The van der Waals surface area contributed by atoms with E-state index in [1.807, 2.05) is 59.2 Å². The molecule has 1 unspecified atom stereocenters. The van der Waals surface area contributed by atoms with E-state index in [-0.39, 0.29) is 49.7 Å². The maximum absolute atomic E-state index is 14.0. The molecule has 1 aromatic heterocycles. The largest absolute Gasteiger partial charge is 0.493 e. The van der Waals surface area contributed by atoms with E-state index in [2.05, 4.69) is 6.92 Å². The van der Waals surface area contributed by atoms with Gasteiger partial charge in [-0.1, -0.05) is 25.5 Å². The highest BCUT2D eigenvalue weighted by molar-refractivity contribution is 5.96. The van der Waals surface area contributed by atoms with E-state index in [4.69, 9.17) is 4.74 Å². The number of carbonyl (C=O) groups excluding carboxylic acids is 3. The number of aryl methyl sites for hydroxylation is 1. The molecular weight excluding hydrogens is 550 g/mol. The molecule has 0 bridgehead atoms. The lowest BCUT2D eigenvalue weighted by molar-refractivity contribution is -0.670. The summed E-state index contributed by atoms with van der Waals surface area (Å²) in [6, 6.07) is 8.76. The second-order valence-corrected chi connectivity index (χ2v) is 11.8. The van der Waals surface area contributed by atoms with E-state index in [9.17, 15) is 24.3 Å². The van der Waals surface area contributed by atoms with Crippen LogP contribution in [0.15, 0.2) is 42.7 Å². The van der Waals surface area contributed by atoms with Crippen LogP contribution in [0.2, 0.25) is 0 Å². The number of carboxylic acids is 1. The Balaban J connectivity index is 1.44. The predicted octanol–water partition coefficient (Wildman–Crippen LogP) is 2.42. The van der Waals surface area contributed by atoms with E-state index in [0.717, 1.165) is 41.8 Å². The molecule has 0 aliphatic carbocycles. The average Bonchev–Trinajstić information content (AvgIpc) is 3.59. The molecule has 1 aromatic carbocycles. The molecule has 2 saturated heterocycles. The minimum Gasteiger partial charge on any atom is -0.493 e. The van der Waals surface area contributed by atoms with E-state index in [0.29, 0.717) is 26.2 Å². The number of ether oxygens (including phenoxy) is 1. The van der Waals surface area contributed by atoms with Gasteiger partial charge in [0.1, 0.15) is 18.5 Å². The lowest BCUT2D eigenvalue weighted by Gasteiger charge is -2.34. The molecule has 230 valence electrons. The zero-order valence-electron chi connectivity index (χ0n) is 25.3. The Hall–Kier alpha value is -3.99. The van der Waals surface area contributed by atoms with Crippen molar-refractivity contribution in [3.63, 3.8) is 0 Å². The summed E-state index contributed by atoms with van der Waals surface area (Å²) in [4.78, 5) is 58.8. The molecule has 3 aliphatic rings. The number of aliphatic carboxylic acids is 1. The third-order valence-corrected chi connectivity index (χ3v) is 8.95. The number of aromatic nitrogens is 1. The second-order valence-electron chi connectivity index (χ2n) is 11.8. The smallest absolute Gasteiger partial charge is 0.326 e. The fourth-order valence-electron chi connectivity index (χ4n) is 6.62. The van der Waals surface area contributed by atoms with Gasteiger partial charge in [0.25, 0.3) is 0 Å². The van der Waals surface area contributed by atoms with Gasteiger partial charge in [0, 0.05) is 64.1 Å². The monoisotopic (exact) mass is 592 g/mol. The van der Waals surface area contributed by atoms with E-state index >= 15 is 0 Å². The van der Waals surface area contributed by atoms with Crippen LogP contribution in [0.1, 0.15) is 49.7 Å². The van der Waals surface area contributed by atoms with Gasteiger partial charge in [-0.25, -0.2) is 9.36 Å². The van der Waals surface area contributed by atoms with Gasteiger partial charge in [0.2, 0.25) is 11.8 Å². The summed E-state index contributed by atoms with van der Waals surface area (Å²) in [5.41, 5.74) is 2.75. The molecule has 3 aliphatic heterocycles. The van der Waals surface area contributed by atoms with Gasteiger partial charge in [-0.3, -0.25) is 24.2 Å². The van der Waals surface area contributed by atoms with Gasteiger partial charge in [0.15, 0.2) is 12.4 Å². The lowest BCUT2D eigenvalue weighted by atomic mass is 9.83. The Labute approximate surface area is 252 Å². The summed E-state index contributed by atoms with van der Waals surface area (Å²) >= 11 is 0. The van der Waals surface area contributed by atoms with Crippen molar-refractivity contribution >= 4 is 29.5 Å². The van der Waals surface area contributed by atoms with Crippen molar-refractivity contribution in [1.29, 1.82) is 0 Å². The number of unbranched alkanes of at least 4 members (excludes halogenated alkanes) is 1. The fraction of sp³-hybridized carbons (Fsp3) is 0.531. The minimum absolute atomic E-state index is 0.0309. The number of nitrogens with zero attached hydrogens (tertiary/aromatic N) is 5. The van der Waals surface area contributed by atoms with Crippen LogP contribution in [0.5, 0.6) is 5.75 Å². The highest BCUT2D eigenvalue weighted by atomic mass is 16.5.